The Morgan fingerprint density at radius 2 is 2.09 bits per heavy atom. The number of aliphatic hydroxyl groups is 1. The van der Waals surface area contributed by atoms with E-state index in [1.807, 2.05) is 5.32 Å². The Hall–Kier alpha value is -2.90. The molecule has 0 aliphatic rings. The second-order valence-electron chi connectivity index (χ2n) is 4.01. The summed E-state index contributed by atoms with van der Waals surface area (Å²) >= 11 is 0. The summed E-state index contributed by atoms with van der Waals surface area (Å²) in [4.78, 5) is 23.0. The van der Waals surface area contributed by atoms with Crippen LogP contribution in [-0.4, -0.2) is 30.8 Å². The first-order valence-electron chi connectivity index (χ1n) is 6.41. The number of hydrogen-bond acceptors (Lipinski definition) is 7. The molecule has 0 atom stereocenters. The lowest BCUT2D eigenvalue weighted by Crippen LogP contribution is -2.32. The third-order valence-electron chi connectivity index (χ3n) is 2.37. The average Bonchev–Trinajstić information content (AvgIpc) is 2.47. The summed E-state index contributed by atoms with van der Waals surface area (Å²) in [6.45, 7) is 2.97. The fourth-order valence-electron chi connectivity index (χ4n) is 1.38. The van der Waals surface area contributed by atoms with E-state index in [2.05, 4.69) is 15.0 Å². The van der Waals surface area contributed by atoms with Crippen molar-refractivity contribution in [1.82, 2.24) is 5.32 Å². The van der Waals surface area contributed by atoms with E-state index in [4.69, 9.17) is 4.74 Å². The number of aliphatic hydroxyl groups excluding tert-OH is 1. The number of methoxy groups -OCH3 is 1. The number of alkyl carbamates (subject to hydrolysis) is 1. The molecule has 0 aromatic heterocycles. The van der Waals surface area contributed by atoms with E-state index in [-0.39, 0.29) is 12.4 Å². The summed E-state index contributed by atoms with van der Waals surface area (Å²) < 4.78 is 9.60. The molecule has 1 rings (SSSR count). The second kappa shape index (κ2) is 8.40. The molecule has 0 radical (unpaired) electrons. The van der Waals surface area contributed by atoms with Gasteiger partial charge in [-0.1, -0.05) is 6.07 Å². The topological polar surface area (TPSA) is 110 Å². The number of carbonyl (C=O) groups excluding carboxylic acids is 2. The lowest BCUT2D eigenvalue weighted by Gasteiger charge is -2.04. The lowest BCUT2D eigenvalue weighted by atomic mass is 10.3. The number of hydrogen-bond donors (Lipinski definition) is 2. The Bertz CT molecular complexity index is 606. The fraction of sp³-hybridized carbons (Fsp3) is 0.286. The molecular weight excluding hydrogens is 290 g/mol. The summed E-state index contributed by atoms with van der Waals surface area (Å²) in [5, 5.41) is 18.9. The molecule has 0 saturated carbocycles. The predicted octanol–water partition coefficient (Wildman–Crippen LogP) is 2.84. The number of rotatable bonds is 5. The highest BCUT2D eigenvalue weighted by molar-refractivity contribution is 6.02. The number of ether oxygens (including phenoxy) is 2. The molecule has 0 unspecified atom stereocenters. The van der Waals surface area contributed by atoms with Gasteiger partial charge < -0.3 is 14.6 Å². The smallest absolute Gasteiger partial charge is 0.414 e. The second-order valence-corrected chi connectivity index (χ2v) is 4.01. The highest BCUT2D eigenvalue weighted by atomic mass is 16.5. The van der Waals surface area contributed by atoms with Crippen molar-refractivity contribution in [2.45, 2.75) is 13.8 Å². The van der Waals surface area contributed by atoms with Crippen LogP contribution in [0.15, 0.2) is 46.0 Å². The highest BCUT2D eigenvalue weighted by Gasteiger charge is 2.16. The maximum absolute atomic E-state index is 11.8. The van der Waals surface area contributed by atoms with Gasteiger partial charge in [-0.2, -0.15) is 5.11 Å². The van der Waals surface area contributed by atoms with Crippen LogP contribution in [0.3, 0.4) is 0 Å². The molecule has 0 aliphatic heterocycles. The van der Waals surface area contributed by atoms with Gasteiger partial charge in [-0.05, 0) is 26.0 Å². The summed E-state index contributed by atoms with van der Waals surface area (Å²) in [6.07, 6.45) is -0.928. The van der Waals surface area contributed by atoms with Crippen molar-refractivity contribution in [3.8, 4) is 5.75 Å². The molecule has 1 aromatic rings. The third kappa shape index (κ3) is 5.23. The average molecular weight is 307 g/mol. The van der Waals surface area contributed by atoms with Crippen molar-refractivity contribution in [3.05, 3.63) is 35.7 Å². The molecule has 0 heterocycles. The van der Waals surface area contributed by atoms with Crippen molar-refractivity contribution in [2.24, 2.45) is 10.2 Å². The lowest BCUT2D eigenvalue weighted by molar-refractivity contribution is -0.117. The molecule has 8 nitrogen and oxygen atoms in total. The zero-order chi connectivity index (χ0) is 16.5. The highest BCUT2D eigenvalue weighted by Crippen LogP contribution is 2.20. The number of azo groups is 1. The largest absolute Gasteiger partial charge is 0.510 e. The van der Waals surface area contributed by atoms with E-state index in [1.165, 1.54) is 14.0 Å². The number of amides is 2. The van der Waals surface area contributed by atoms with Crippen LogP contribution in [0.2, 0.25) is 0 Å². The summed E-state index contributed by atoms with van der Waals surface area (Å²) in [7, 11) is 1.51. The molecule has 0 aliphatic carbocycles. The number of carbonyl (C=O) groups is 2. The normalized spacial score (nSPS) is 11.8. The molecular formula is C14H17N3O5. The summed E-state index contributed by atoms with van der Waals surface area (Å²) in [6, 6.07) is 6.65. The summed E-state index contributed by atoms with van der Waals surface area (Å²) in [5.41, 5.74) is 0.0258. The quantitative estimate of drug-likeness (QED) is 0.494. The molecule has 118 valence electrons. The van der Waals surface area contributed by atoms with Gasteiger partial charge in [0.05, 0.1) is 19.4 Å². The maximum Gasteiger partial charge on any atom is 0.414 e. The van der Waals surface area contributed by atoms with E-state index in [9.17, 15) is 14.7 Å². The number of benzene rings is 1. The minimum Gasteiger partial charge on any atom is -0.510 e. The molecule has 0 bridgehead atoms. The number of nitrogens with one attached hydrogen (secondary N) is 1. The number of allylic oxidation sites excluding steroid dienone is 1. The Morgan fingerprint density at radius 1 is 1.36 bits per heavy atom. The molecule has 2 N–H and O–H groups in total. The maximum atomic E-state index is 11.8. The first-order chi connectivity index (χ1) is 10.5. The number of nitrogens with zero attached hydrogens (tertiary/aromatic N) is 2. The predicted molar refractivity (Wildman–Crippen MR) is 78.0 cm³/mol. The van der Waals surface area contributed by atoms with Crippen LogP contribution in [0.4, 0.5) is 10.5 Å². The van der Waals surface area contributed by atoms with Crippen molar-refractivity contribution in [1.29, 1.82) is 0 Å². The van der Waals surface area contributed by atoms with E-state index in [0.29, 0.717) is 11.4 Å². The molecule has 0 fully saturated rings. The third-order valence-corrected chi connectivity index (χ3v) is 2.37. The first kappa shape index (κ1) is 17.2. The van der Waals surface area contributed by atoms with Crippen LogP contribution in [0, 0.1) is 0 Å². The van der Waals surface area contributed by atoms with Gasteiger partial charge in [-0.15, -0.1) is 5.11 Å². The minimum absolute atomic E-state index is 0.113. The van der Waals surface area contributed by atoms with Crippen LogP contribution >= 0.6 is 0 Å². The van der Waals surface area contributed by atoms with Crippen LogP contribution in [0.25, 0.3) is 0 Å². The SMILES string of the molecule is CCOC(=O)NC(=O)C(N=Nc1cccc(OC)c1)=C(C)O. The van der Waals surface area contributed by atoms with Crippen LogP contribution in [0.1, 0.15) is 13.8 Å². The molecule has 2 amide bonds. The van der Waals surface area contributed by atoms with Crippen molar-refractivity contribution < 1.29 is 24.2 Å². The molecule has 22 heavy (non-hydrogen) atoms. The zero-order valence-electron chi connectivity index (χ0n) is 12.5. The van der Waals surface area contributed by atoms with E-state index in [0.717, 1.165) is 0 Å². The van der Waals surface area contributed by atoms with Crippen LogP contribution < -0.4 is 10.1 Å². The minimum atomic E-state index is -0.928. The Kier molecular flexibility index (Phi) is 6.55. The Balaban J connectivity index is 2.89. The Morgan fingerprint density at radius 3 is 2.68 bits per heavy atom. The zero-order valence-corrected chi connectivity index (χ0v) is 12.5. The van der Waals surface area contributed by atoms with Gasteiger partial charge in [-0.25, -0.2) is 4.79 Å². The van der Waals surface area contributed by atoms with Gasteiger partial charge in [-0.3, -0.25) is 10.1 Å². The Labute approximate surface area is 127 Å². The van der Waals surface area contributed by atoms with Gasteiger partial charge in [0.15, 0.2) is 5.70 Å². The van der Waals surface area contributed by atoms with E-state index < -0.39 is 17.7 Å². The summed E-state index contributed by atoms with van der Waals surface area (Å²) in [5.74, 6) is -0.725. The van der Waals surface area contributed by atoms with Crippen molar-refractivity contribution >= 4 is 17.7 Å². The van der Waals surface area contributed by atoms with Crippen LogP contribution in [-0.2, 0) is 9.53 Å². The monoisotopic (exact) mass is 307 g/mol. The van der Waals surface area contributed by atoms with Gasteiger partial charge in [0.25, 0.3) is 5.91 Å². The molecule has 1 aromatic carbocycles. The first-order valence-corrected chi connectivity index (χ1v) is 6.41. The molecule has 8 heteroatoms. The van der Waals surface area contributed by atoms with Gasteiger partial charge >= 0.3 is 6.09 Å². The van der Waals surface area contributed by atoms with Crippen molar-refractivity contribution in [3.63, 3.8) is 0 Å². The number of imide groups is 1. The van der Waals surface area contributed by atoms with Crippen molar-refractivity contribution in [2.75, 3.05) is 13.7 Å². The molecule has 0 spiro atoms. The van der Waals surface area contributed by atoms with Gasteiger partial charge in [0.2, 0.25) is 0 Å². The van der Waals surface area contributed by atoms with Gasteiger partial charge in [0, 0.05) is 6.07 Å². The fourth-order valence-corrected chi connectivity index (χ4v) is 1.38. The molecule has 0 saturated heterocycles. The van der Waals surface area contributed by atoms with E-state index >= 15 is 0 Å². The van der Waals surface area contributed by atoms with Gasteiger partial charge in [0.1, 0.15) is 11.5 Å². The standard InChI is InChI=1S/C14H17N3O5/c1-4-22-14(20)15-13(19)12(9(2)18)17-16-10-6-5-7-11(8-10)21-3/h5-8,18H,4H2,1-3H3,(H,15,19,20). The van der Waals surface area contributed by atoms with E-state index in [1.54, 1.807) is 31.2 Å². The van der Waals surface area contributed by atoms with Crippen LogP contribution in [0.5, 0.6) is 5.75 Å².